The summed E-state index contributed by atoms with van der Waals surface area (Å²) in [4.78, 5) is 28.1. The molecule has 35 heavy (non-hydrogen) atoms. The highest BCUT2D eigenvalue weighted by atomic mass is 16.5. The number of nitrogen functional groups attached to an aromatic ring is 1. The molecular weight excluding hydrogens is 456 g/mol. The van der Waals surface area contributed by atoms with E-state index in [0.29, 0.717) is 22.5 Å². The van der Waals surface area contributed by atoms with Gasteiger partial charge in [0.15, 0.2) is 28.4 Å². The van der Waals surface area contributed by atoms with Crippen LogP contribution >= 0.6 is 0 Å². The van der Waals surface area contributed by atoms with Gasteiger partial charge >= 0.3 is 0 Å². The number of carbonyl (C=O) groups is 2. The molecule has 2 aliphatic heterocycles. The molecule has 5 rings (SSSR count). The van der Waals surface area contributed by atoms with Crippen molar-refractivity contribution in [2.24, 2.45) is 0 Å². The van der Waals surface area contributed by atoms with Crippen LogP contribution in [-0.4, -0.2) is 56.2 Å². The molecule has 3 aromatic rings. The summed E-state index contributed by atoms with van der Waals surface area (Å²) in [5, 5.41) is 22.6. The van der Waals surface area contributed by atoms with Crippen LogP contribution in [0.15, 0.2) is 53.5 Å². The number of anilines is 3. The fourth-order valence-electron chi connectivity index (χ4n) is 3.92. The number of carbonyl (C=O) groups excluding carboxylic acids is 2. The molecule has 2 unspecified atom stereocenters. The minimum atomic E-state index is -2.23. The molecule has 4 heterocycles. The largest absolute Gasteiger partial charge is 0.380 e. The molecule has 13 heteroatoms. The number of nitrogens with two attached hydrogens (primary N) is 1. The van der Waals surface area contributed by atoms with Crippen LogP contribution < -0.4 is 26.8 Å². The monoisotopic (exact) mass is 480 g/mol. The average molecular weight is 480 g/mol. The first-order valence-electron chi connectivity index (χ1n) is 10.8. The summed E-state index contributed by atoms with van der Waals surface area (Å²) in [5.41, 5.74) is 8.73. The van der Waals surface area contributed by atoms with Crippen molar-refractivity contribution >= 4 is 45.8 Å². The third kappa shape index (κ3) is 3.66. The Balaban J connectivity index is 1.37. The van der Waals surface area contributed by atoms with Crippen LogP contribution in [0.5, 0.6) is 0 Å². The van der Waals surface area contributed by atoms with E-state index in [9.17, 15) is 14.7 Å². The Hall–Kier alpha value is -4.36. The standard InChI is InChI=1S/C22H24N8O5/c1-21(33,19(31)26-13-3-4-15-16(11-13)35-28-18(15)23)22(2)20(32)29(9-10-34-22)17-6-8-30(27-17)14-5-7-24-25-12-14/h3-8,11-12,24-25,33H,9-10H2,1-2H3,(H2,23,28)(H,26,31). The Morgan fingerprint density at radius 2 is 2.17 bits per heavy atom. The van der Waals surface area contributed by atoms with Gasteiger partial charge in [-0.1, -0.05) is 5.16 Å². The number of benzene rings is 1. The number of rotatable bonds is 5. The number of nitrogens with zero attached hydrogens (tertiary/aromatic N) is 4. The fourth-order valence-corrected chi connectivity index (χ4v) is 3.92. The molecule has 6 N–H and O–H groups in total. The lowest BCUT2D eigenvalue weighted by Gasteiger charge is -2.45. The van der Waals surface area contributed by atoms with Gasteiger partial charge in [-0.05, 0) is 32.1 Å². The molecule has 2 atom stereocenters. The summed E-state index contributed by atoms with van der Waals surface area (Å²) in [6.07, 6.45) is 6.92. The normalized spacial score (nSPS) is 21.7. The molecule has 0 radical (unpaired) electrons. The fraction of sp³-hybridized carbons (Fsp3) is 0.273. The van der Waals surface area contributed by atoms with E-state index in [4.69, 9.17) is 15.0 Å². The van der Waals surface area contributed by atoms with Gasteiger partial charge in [-0.25, -0.2) is 4.68 Å². The number of amides is 2. The van der Waals surface area contributed by atoms with Crippen LogP contribution in [-0.2, 0) is 14.3 Å². The molecule has 182 valence electrons. The smallest absolute Gasteiger partial charge is 0.263 e. The molecule has 0 spiro atoms. The highest BCUT2D eigenvalue weighted by Crippen LogP contribution is 2.34. The number of fused-ring (bicyclic) bond motifs is 1. The highest BCUT2D eigenvalue weighted by molar-refractivity contribution is 6.08. The van der Waals surface area contributed by atoms with Gasteiger partial charge in [0.2, 0.25) is 0 Å². The van der Waals surface area contributed by atoms with Crippen LogP contribution in [0.1, 0.15) is 13.8 Å². The summed E-state index contributed by atoms with van der Waals surface area (Å²) in [5.74, 6) is -0.837. The van der Waals surface area contributed by atoms with E-state index in [2.05, 4.69) is 26.4 Å². The van der Waals surface area contributed by atoms with Gasteiger partial charge in [0.05, 0.1) is 24.2 Å². The van der Waals surface area contributed by atoms with Gasteiger partial charge in [0, 0.05) is 36.4 Å². The summed E-state index contributed by atoms with van der Waals surface area (Å²) >= 11 is 0. The number of hydrogen-bond acceptors (Lipinski definition) is 10. The SMILES string of the molecule is CC(O)(C(=O)Nc1ccc2c(N)noc2c1)C1(C)OCCN(c2ccn(C3=CNNC=C3)n2)C1=O. The predicted octanol–water partition coefficient (Wildman–Crippen LogP) is 0.538. The Bertz CT molecular complexity index is 1370. The molecular formula is C22H24N8O5. The first-order chi connectivity index (χ1) is 16.7. The molecule has 1 saturated heterocycles. The number of allylic oxidation sites excluding steroid dienone is 2. The van der Waals surface area contributed by atoms with E-state index >= 15 is 0 Å². The Labute approximate surface area is 199 Å². The second-order valence-electron chi connectivity index (χ2n) is 8.45. The number of ether oxygens (including phenoxy) is 1. The lowest BCUT2D eigenvalue weighted by Crippen LogP contribution is -2.69. The Kier molecular flexibility index (Phi) is 5.22. The van der Waals surface area contributed by atoms with Crippen molar-refractivity contribution in [2.75, 3.05) is 29.1 Å². The highest BCUT2D eigenvalue weighted by Gasteiger charge is 2.58. The van der Waals surface area contributed by atoms with Gasteiger partial charge < -0.3 is 36.3 Å². The van der Waals surface area contributed by atoms with Crippen molar-refractivity contribution < 1.29 is 24.0 Å². The van der Waals surface area contributed by atoms with E-state index in [1.807, 2.05) is 0 Å². The molecule has 0 bridgehead atoms. The van der Waals surface area contributed by atoms with Gasteiger partial charge in [0.1, 0.15) is 0 Å². The van der Waals surface area contributed by atoms with Gasteiger partial charge in [-0.3, -0.25) is 14.5 Å². The first-order valence-corrected chi connectivity index (χ1v) is 10.8. The minimum Gasteiger partial charge on any atom is -0.380 e. The minimum absolute atomic E-state index is 0.0932. The molecule has 0 aliphatic carbocycles. The number of aliphatic hydroxyl groups is 1. The quantitative estimate of drug-likeness (QED) is 0.347. The molecule has 1 aromatic carbocycles. The third-order valence-corrected chi connectivity index (χ3v) is 6.24. The predicted molar refractivity (Wildman–Crippen MR) is 126 cm³/mol. The van der Waals surface area contributed by atoms with Crippen LogP contribution in [0.25, 0.3) is 16.7 Å². The van der Waals surface area contributed by atoms with Crippen molar-refractivity contribution in [3.05, 3.63) is 48.9 Å². The number of nitrogens with one attached hydrogen (secondary N) is 3. The Morgan fingerprint density at radius 1 is 1.34 bits per heavy atom. The molecule has 2 aliphatic rings. The van der Waals surface area contributed by atoms with Crippen molar-refractivity contribution in [1.29, 1.82) is 0 Å². The van der Waals surface area contributed by atoms with Crippen molar-refractivity contribution in [3.63, 3.8) is 0 Å². The summed E-state index contributed by atoms with van der Waals surface area (Å²) in [6, 6.07) is 6.42. The van der Waals surface area contributed by atoms with Crippen molar-refractivity contribution in [2.45, 2.75) is 25.0 Å². The molecule has 2 amide bonds. The van der Waals surface area contributed by atoms with E-state index in [1.165, 1.54) is 24.8 Å². The van der Waals surface area contributed by atoms with E-state index < -0.39 is 23.0 Å². The number of morpholine rings is 1. The first kappa shape index (κ1) is 22.4. The maximum atomic E-state index is 13.5. The van der Waals surface area contributed by atoms with Gasteiger partial charge in [-0.2, -0.15) is 0 Å². The van der Waals surface area contributed by atoms with Gasteiger partial charge in [-0.15, -0.1) is 5.10 Å². The maximum absolute atomic E-state index is 13.5. The topological polar surface area (TPSA) is 173 Å². The zero-order valence-electron chi connectivity index (χ0n) is 19.0. The molecule has 0 saturated carbocycles. The van der Waals surface area contributed by atoms with Crippen molar-refractivity contribution in [3.8, 4) is 0 Å². The average Bonchev–Trinajstić information content (AvgIpc) is 3.48. The third-order valence-electron chi connectivity index (χ3n) is 6.24. The van der Waals surface area contributed by atoms with Crippen LogP contribution in [0.2, 0.25) is 0 Å². The van der Waals surface area contributed by atoms with E-state index in [1.54, 1.807) is 47.6 Å². The number of hydrogen-bond donors (Lipinski definition) is 5. The molecule has 1 fully saturated rings. The lowest BCUT2D eigenvalue weighted by molar-refractivity contribution is -0.190. The zero-order chi connectivity index (χ0) is 24.8. The molecule has 13 nitrogen and oxygen atoms in total. The number of hydrazine groups is 1. The van der Waals surface area contributed by atoms with E-state index in [-0.39, 0.29) is 19.0 Å². The zero-order valence-corrected chi connectivity index (χ0v) is 19.0. The van der Waals surface area contributed by atoms with Crippen LogP contribution in [0.4, 0.5) is 17.3 Å². The summed E-state index contributed by atoms with van der Waals surface area (Å²) < 4.78 is 12.4. The van der Waals surface area contributed by atoms with Gasteiger partial charge in [0.25, 0.3) is 11.8 Å². The molecule has 2 aromatic heterocycles. The van der Waals surface area contributed by atoms with E-state index in [0.717, 1.165) is 5.70 Å². The van der Waals surface area contributed by atoms with Crippen LogP contribution in [0.3, 0.4) is 0 Å². The maximum Gasteiger partial charge on any atom is 0.263 e. The Morgan fingerprint density at radius 3 is 2.94 bits per heavy atom. The van der Waals surface area contributed by atoms with Crippen LogP contribution in [0, 0.1) is 0 Å². The second-order valence-corrected chi connectivity index (χ2v) is 8.45. The summed E-state index contributed by atoms with van der Waals surface area (Å²) in [7, 11) is 0. The number of aromatic nitrogens is 3. The lowest BCUT2D eigenvalue weighted by atomic mass is 9.82. The summed E-state index contributed by atoms with van der Waals surface area (Å²) in [6.45, 7) is 2.93. The van der Waals surface area contributed by atoms with Crippen molar-refractivity contribution in [1.82, 2.24) is 25.8 Å². The second kappa shape index (κ2) is 8.14.